The summed E-state index contributed by atoms with van der Waals surface area (Å²) in [4.78, 5) is 29.2. The zero-order valence-corrected chi connectivity index (χ0v) is 20.5. The highest BCUT2D eigenvalue weighted by molar-refractivity contribution is 5.94. The van der Waals surface area contributed by atoms with Gasteiger partial charge in [0.15, 0.2) is 0 Å². The molecule has 0 saturated carbocycles. The van der Waals surface area contributed by atoms with E-state index >= 15 is 0 Å². The van der Waals surface area contributed by atoms with Crippen molar-refractivity contribution >= 4 is 17.5 Å². The van der Waals surface area contributed by atoms with Crippen molar-refractivity contribution < 1.29 is 34.0 Å². The number of carbonyl (C=O) groups excluding carboxylic acids is 2. The fourth-order valence-electron chi connectivity index (χ4n) is 4.59. The molecule has 0 aliphatic carbocycles. The lowest BCUT2D eigenvalue weighted by atomic mass is 10.0. The molecule has 2 aliphatic rings. The van der Waals surface area contributed by atoms with Gasteiger partial charge < -0.3 is 39.5 Å². The molecule has 2 heterocycles. The van der Waals surface area contributed by atoms with Crippen molar-refractivity contribution in [3.8, 4) is 11.5 Å². The number of nitrogens with zero attached hydrogens (tertiary/aromatic N) is 2. The summed E-state index contributed by atoms with van der Waals surface area (Å²) in [5, 5.41) is 23.6. The molecule has 36 heavy (non-hydrogen) atoms. The van der Waals surface area contributed by atoms with E-state index in [4.69, 9.17) is 14.2 Å². The number of aliphatic hydroxyl groups is 2. The van der Waals surface area contributed by atoms with Crippen LogP contribution in [0.25, 0.3) is 0 Å². The normalized spacial score (nSPS) is 23.9. The summed E-state index contributed by atoms with van der Waals surface area (Å²) in [5.74, 6) is 0.945. The first-order valence-corrected chi connectivity index (χ1v) is 12.0. The molecule has 2 saturated heterocycles. The molecule has 4 rings (SSSR count). The fraction of sp³-hybridized carbons (Fsp3) is 0.462. The van der Waals surface area contributed by atoms with Crippen LogP contribution in [0, 0.1) is 0 Å². The summed E-state index contributed by atoms with van der Waals surface area (Å²) in [6.07, 6.45) is -4.13. The van der Waals surface area contributed by atoms with Crippen molar-refractivity contribution in [2.75, 3.05) is 51.8 Å². The molecule has 10 heteroatoms. The molecular weight excluding hydrogens is 466 g/mol. The highest BCUT2D eigenvalue weighted by atomic mass is 16.5. The van der Waals surface area contributed by atoms with Gasteiger partial charge >= 0.3 is 0 Å². The highest BCUT2D eigenvalue weighted by Crippen LogP contribution is 2.29. The Labute approximate surface area is 210 Å². The van der Waals surface area contributed by atoms with Gasteiger partial charge in [-0.15, -0.1) is 0 Å². The van der Waals surface area contributed by atoms with Gasteiger partial charge in [-0.25, -0.2) is 0 Å². The van der Waals surface area contributed by atoms with E-state index in [1.54, 1.807) is 43.4 Å². The smallest absolute Gasteiger partial charge is 0.251 e. The van der Waals surface area contributed by atoms with Crippen LogP contribution < -0.4 is 19.7 Å². The predicted molar refractivity (Wildman–Crippen MR) is 132 cm³/mol. The van der Waals surface area contributed by atoms with Gasteiger partial charge in [-0.3, -0.25) is 9.59 Å². The molecule has 0 aromatic heterocycles. The van der Waals surface area contributed by atoms with E-state index in [1.165, 1.54) is 0 Å². The summed E-state index contributed by atoms with van der Waals surface area (Å²) in [6.45, 7) is 2.38. The van der Waals surface area contributed by atoms with Gasteiger partial charge in [0.25, 0.3) is 5.91 Å². The van der Waals surface area contributed by atoms with Crippen molar-refractivity contribution in [1.29, 1.82) is 0 Å². The van der Waals surface area contributed by atoms with Crippen molar-refractivity contribution in [3.05, 3.63) is 54.1 Å². The SMILES string of the molecule is COc1ccc(C(=O)NC[C@@H]2O[C@@H](CC(=O)N3CCN(c4ccccc4OC)CC3)[C@H](O)[C@@H]2O)cc1. The summed E-state index contributed by atoms with van der Waals surface area (Å²) >= 11 is 0. The second-order valence-electron chi connectivity index (χ2n) is 8.88. The third-order valence-electron chi connectivity index (χ3n) is 6.71. The summed E-state index contributed by atoms with van der Waals surface area (Å²) in [7, 11) is 3.18. The molecular formula is C26H33N3O7. The van der Waals surface area contributed by atoms with E-state index in [-0.39, 0.29) is 24.8 Å². The Morgan fingerprint density at radius 2 is 1.61 bits per heavy atom. The van der Waals surface area contributed by atoms with Crippen molar-refractivity contribution in [2.24, 2.45) is 0 Å². The first kappa shape index (κ1) is 25.7. The lowest BCUT2D eigenvalue weighted by Crippen LogP contribution is -2.50. The lowest BCUT2D eigenvalue weighted by molar-refractivity contribution is -0.135. The molecule has 2 fully saturated rings. The number of hydrogen-bond donors (Lipinski definition) is 3. The molecule has 194 valence electrons. The molecule has 0 radical (unpaired) electrons. The van der Waals surface area contributed by atoms with Gasteiger partial charge in [-0.2, -0.15) is 0 Å². The largest absolute Gasteiger partial charge is 0.497 e. The number of hydrogen-bond acceptors (Lipinski definition) is 8. The Kier molecular flexibility index (Phi) is 8.29. The minimum atomic E-state index is -1.22. The predicted octanol–water partition coefficient (Wildman–Crippen LogP) is 0.662. The topological polar surface area (TPSA) is 121 Å². The Bertz CT molecular complexity index is 1040. The third-order valence-corrected chi connectivity index (χ3v) is 6.71. The summed E-state index contributed by atoms with van der Waals surface area (Å²) in [5.41, 5.74) is 1.42. The average molecular weight is 500 g/mol. The number of piperazine rings is 1. The molecule has 2 aliphatic heterocycles. The van der Waals surface area contributed by atoms with Gasteiger partial charge in [0.1, 0.15) is 29.8 Å². The number of rotatable bonds is 8. The van der Waals surface area contributed by atoms with Gasteiger partial charge in [-0.1, -0.05) is 12.1 Å². The minimum Gasteiger partial charge on any atom is -0.497 e. The monoisotopic (exact) mass is 499 g/mol. The Morgan fingerprint density at radius 3 is 2.28 bits per heavy atom. The van der Waals surface area contributed by atoms with Crippen LogP contribution in [0.1, 0.15) is 16.8 Å². The van der Waals surface area contributed by atoms with E-state index in [2.05, 4.69) is 10.2 Å². The molecule has 3 N–H and O–H groups in total. The van der Waals surface area contributed by atoms with E-state index in [1.807, 2.05) is 24.3 Å². The molecule has 2 aromatic rings. The second kappa shape index (κ2) is 11.6. The molecule has 2 aromatic carbocycles. The lowest BCUT2D eigenvalue weighted by Gasteiger charge is -2.37. The van der Waals surface area contributed by atoms with Gasteiger partial charge in [0, 0.05) is 38.3 Å². The molecule has 10 nitrogen and oxygen atoms in total. The number of aliphatic hydroxyl groups excluding tert-OH is 2. The highest BCUT2D eigenvalue weighted by Gasteiger charge is 2.44. The van der Waals surface area contributed by atoms with Crippen molar-refractivity contribution in [2.45, 2.75) is 30.8 Å². The van der Waals surface area contributed by atoms with Crippen molar-refractivity contribution in [3.63, 3.8) is 0 Å². The van der Waals surface area contributed by atoms with E-state index in [0.29, 0.717) is 37.5 Å². The van der Waals surface area contributed by atoms with Gasteiger partial charge in [0.05, 0.1) is 32.4 Å². The van der Waals surface area contributed by atoms with Crippen LogP contribution in [0.2, 0.25) is 0 Å². The van der Waals surface area contributed by atoms with E-state index in [9.17, 15) is 19.8 Å². The maximum atomic E-state index is 12.9. The first-order chi connectivity index (χ1) is 17.4. The number of anilines is 1. The van der Waals surface area contributed by atoms with Crippen LogP contribution in [-0.4, -0.2) is 98.3 Å². The average Bonchev–Trinajstić information content (AvgIpc) is 3.19. The van der Waals surface area contributed by atoms with Crippen LogP contribution in [0.5, 0.6) is 11.5 Å². The number of amides is 2. The first-order valence-electron chi connectivity index (χ1n) is 12.0. The maximum Gasteiger partial charge on any atom is 0.251 e. The molecule has 0 spiro atoms. The van der Waals surface area contributed by atoms with Crippen LogP contribution in [-0.2, 0) is 9.53 Å². The molecule has 4 atom stereocenters. The maximum absolute atomic E-state index is 12.9. The Balaban J connectivity index is 1.26. The second-order valence-corrected chi connectivity index (χ2v) is 8.88. The minimum absolute atomic E-state index is 0.00532. The van der Waals surface area contributed by atoms with Gasteiger partial charge in [0.2, 0.25) is 5.91 Å². The van der Waals surface area contributed by atoms with Crippen molar-refractivity contribution in [1.82, 2.24) is 10.2 Å². The van der Waals surface area contributed by atoms with E-state index < -0.39 is 24.4 Å². The molecule has 0 bridgehead atoms. The number of para-hydroxylation sites is 2. The number of carbonyl (C=O) groups is 2. The molecule has 0 unspecified atom stereocenters. The molecule has 2 amide bonds. The van der Waals surface area contributed by atoms with Crippen LogP contribution in [0.3, 0.4) is 0 Å². The Morgan fingerprint density at radius 1 is 0.944 bits per heavy atom. The Hall–Kier alpha value is -3.34. The fourth-order valence-corrected chi connectivity index (χ4v) is 4.59. The number of benzene rings is 2. The van der Waals surface area contributed by atoms with Crippen LogP contribution >= 0.6 is 0 Å². The number of nitrogens with one attached hydrogen (secondary N) is 1. The number of ether oxygens (including phenoxy) is 3. The zero-order valence-electron chi connectivity index (χ0n) is 20.5. The van der Waals surface area contributed by atoms with E-state index in [0.717, 1.165) is 11.4 Å². The zero-order chi connectivity index (χ0) is 25.7. The third kappa shape index (κ3) is 5.72. The number of methoxy groups -OCH3 is 2. The standard InChI is InChI=1S/C26H33N3O7/c1-34-18-9-7-17(8-10-18)26(33)27-16-22-25(32)24(31)21(36-22)15-23(30)29-13-11-28(12-14-29)19-5-3-4-6-20(19)35-2/h3-10,21-22,24-25,31-32H,11-16H2,1-2H3,(H,27,33)/t21-,22-,24-,25+/m0/s1. The van der Waals surface area contributed by atoms with Crippen LogP contribution in [0.4, 0.5) is 5.69 Å². The quantitative estimate of drug-likeness (QED) is 0.485. The summed E-state index contributed by atoms with van der Waals surface area (Å²) < 4.78 is 16.3. The van der Waals surface area contributed by atoms with Gasteiger partial charge in [-0.05, 0) is 36.4 Å². The summed E-state index contributed by atoms with van der Waals surface area (Å²) in [6, 6.07) is 14.4. The van der Waals surface area contributed by atoms with Crippen LogP contribution in [0.15, 0.2) is 48.5 Å².